The van der Waals surface area contributed by atoms with Crippen molar-refractivity contribution in [3.8, 4) is 11.3 Å². The third-order valence-corrected chi connectivity index (χ3v) is 4.02. The highest BCUT2D eigenvalue weighted by Gasteiger charge is 2.37. The summed E-state index contributed by atoms with van der Waals surface area (Å²) < 4.78 is 11.1. The number of ketones is 2. The van der Waals surface area contributed by atoms with Crippen molar-refractivity contribution in [2.45, 2.75) is 25.9 Å². The number of Topliss-reactive ketones (excluding diaryl/α,β-unsaturated/α-hetero) is 2. The maximum absolute atomic E-state index is 12.3. The van der Waals surface area contributed by atoms with Gasteiger partial charge in [0.1, 0.15) is 11.8 Å². The molecule has 1 aromatic carbocycles. The Morgan fingerprint density at radius 1 is 1.24 bits per heavy atom. The summed E-state index contributed by atoms with van der Waals surface area (Å²) in [6.07, 6.45) is 1.55. The molecular formula is C16H13NO4. The van der Waals surface area contributed by atoms with Gasteiger partial charge in [-0.25, -0.2) is 4.98 Å². The van der Waals surface area contributed by atoms with Gasteiger partial charge in [0.15, 0.2) is 0 Å². The average molecular weight is 283 g/mol. The van der Waals surface area contributed by atoms with Gasteiger partial charge in [-0.2, -0.15) is 0 Å². The molecule has 1 unspecified atom stereocenters. The second-order valence-corrected chi connectivity index (χ2v) is 5.39. The Morgan fingerprint density at radius 3 is 2.86 bits per heavy atom. The number of aromatic nitrogens is 1. The Morgan fingerprint density at radius 2 is 2.10 bits per heavy atom. The van der Waals surface area contributed by atoms with Crippen LogP contribution in [0.2, 0.25) is 0 Å². The first-order valence-corrected chi connectivity index (χ1v) is 6.98. The van der Waals surface area contributed by atoms with Gasteiger partial charge >= 0.3 is 0 Å². The third kappa shape index (κ3) is 1.70. The minimum absolute atomic E-state index is 0.0450. The first-order chi connectivity index (χ1) is 10.2. The van der Waals surface area contributed by atoms with Crippen LogP contribution >= 0.6 is 0 Å². The molecular weight excluding hydrogens is 270 g/mol. The molecule has 1 fully saturated rings. The smallest absolute Gasteiger partial charge is 0.271 e. The first kappa shape index (κ1) is 12.5. The van der Waals surface area contributed by atoms with E-state index < -0.39 is 11.6 Å². The van der Waals surface area contributed by atoms with Crippen LogP contribution in [0, 0.1) is 6.92 Å². The van der Waals surface area contributed by atoms with Gasteiger partial charge in [0.25, 0.3) is 5.78 Å². The third-order valence-electron chi connectivity index (χ3n) is 4.02. The van der Waals surface area contributed by atoms with Crippen LogP contribution in [0.15, 0.2) is 22.6 Å². The maximum Gasteiger partial charge on any atom is 0.271 e. The molecule has 0 amide bonds. The highest BCUT2D eigenvalue weighted by molar-refractivity contribution is 6.52. The number of hydrogen-bond acceptors (Lipinski definition) is 5. The van der Waals surface area contributed by atoms with E-state index >= 15 is 0 Å². The highest BCUT2D eigenvalue weighted by Crippen LogP contribution is 2.38. The number of oxazole rings is 1. The standard InChI is InChI=1S/C16H13NO4/c1-8-4-2-5-9-11(8)13(18)14(19)15-12(9)17-16(21-15)10-6-3-7-20-10/h2,4-5,10H,3,6-7H2,1H3. The minimum atomic E-state index is -0.622. The van der Waals surface area contributed by atoms with Crippen molar-refractivity contribution in [2.75, 3.05) is 6.61 Å². The van der Waals surface area contributed by atoms with Gasteiger partial charge in [0.05, 0.1) is 0 Å². The number of rotatable bonds is 1. The molecule has 0 spiro atoms. The van der Waals surface area contributed by atoms with Crippen molar-refractivity contribution >= 4 is 11.6 Å². The predicted molar refractivity (Wildman–Crippen MR) is 73.3 cm³/mol. The molecule has 2 aliphatic rings. The monoisotopic (exact) mass is 283 g/mol. The van der Waals surface area contributed by atoms with Crippen molar-refractivity contribution in [3.63, 3.8) is 0 Å². The summed E-state index contributed by atoms with van der Waals surface area (Å²) in [5, 5.41) is 0. The Kier molecular flexibility index (Phi) is 2.59. The Hall–Kier alpha value is -2.27. The summed E-state index contributed by atoms with van der Waals surface area (Å²) in [4.78, 5) is 28.9. The van der Waals surface area contributed by atoms with Crippen LogP contribution < -0.4 is 0 Å². The summed E-state index contributed by atoms with van der Waals surface area (Å²) in [5.41, 5.74) is 2.34. The van der Waals surface area contributed by atoms with Crippen LogP contribution in [0.3, 0.4) is 0 Å². The Balaban J connectivity index is 1.92. The molecule has 1 aliphatic heterocycles. The molecule has 5 nitrogen and oxygen atoms in total. The van der Waals surface area contributed by atoms with Crippen LogP contribution in [0.25, 0.3) is 11.3 Å². The summed E-state index contributed by atoms with van der Waals surface area (Å²) in [6.45, 7) is 2.48. The summed E-state index contributed by atoms with van der Waals surface area (Å²) in [7, 11) is 0. The first-order valence-electron chi connectivity index (χ1n) is 6.98. The molecule has 1 atom stereocenters. The number of carbonyl (C=O) groups excluding carboxylic acids is 2. The molecule has 0 bridgehead atoms. The molecule has 0 N–H and O–H groups in total. The molecule has 5 heteroatoms. The lowest BCUT2D eigenvalue weighted by Crippen LogP contribution is -2.21. The van der Waals surface area contributed by atoms with E-state index in [1.807, 2.05) is 19.1 Å². The Bertz CT molecular complexity index is 769. The molecule has 4 rings (SSSR count). The van der Waals surface area contributed by atoms with Crippen molar-refractivity contribution < 1.29 is 18.7 Å². The summed E-state index contributed by atoms with van der Waals surface area (Å²) in [5.74, 6) is -0.703. The predicted octanol–water partition coefficient (Wildman–Crippen LogP) is 2.88. The molecule has 1 saturated heterocycles. The zero-order valence-corrected chi connectivity index (χ0v) is 11.5. The molecule has 2 aromatic rings. The molecule has 21 heavy (non-hydrogen) atoms. The van der Waals surface area contributed by atoms with E-state index in [4.69, 9.17) is 9.15 Å². The second kappa shape index (κ2) is 4.36. The van der Waals surface area contributed by atoms with E-state index in [9.17, 15) is 9.59 Å². The largest absolute Gasteiger partial charge is 0.433 e. The van der Waals surface area contributed by atoms with Gasteiger partial charge in [-0.05, 0) is 25.3 Å². The summed E-state index contributed by atoms with van der Waals surface area (Å²) in [6, 6.07) is 5.46. The molecule has 0 radical (unpaired) electrons. The van der Waals surface area contributed by atoms with Gasteiger partial charge in [-0.1, -0.05) is 18.2 Å². The van der Waals surface area contributed by atoms with Crippen molar-refractivity contribution in [2.24, 2.45) is 0 Å². The van der Waals surface area contributed by atoms with Gasteiger partial charge in [-0.3, -0.25) is 9.59 Å². The van der Waals surface area contributed by atoms with Crippen molar-refractivity contribution in [1.29, 1.82) is 0 Å². The number of carbonyl (C=O) groups is 2. The van der Waals surface area contributed by atoms with Crippen LogP contribution in [-0.4, -0.2) is 23.2 Å². The van der Waals surface area contributed by atoms with E-state index in [2.05, 4.69) is 4.98 Å². The number of aryl methyl sites for hydroxylation is 1. The van der Waals surface area contributed by atoms with Gasteiger partial charge in [0.2, 0.25) is 17.4 Å². The van der Waals surface area contributed by atoms with Crippen LogP contribution in [0.1, 0.15) is 51.3 Å². The molecule has 0 saturated carbocycles. The SMILES string of the molecule is Cc1cccc2c1C(=O)C(=O)c1oc(C3CCCO3)nc1-2. The van der Waals surface area contributed by atoms with E-state index in [1.54, 1.807) is 6.07 Å². The van der Waals surface area contributed by atoms with E-state index in [0.29, 0.717) is 29.3 Å². The van der Waals surface area contributed by atoms with Gasteiger partial charge in [0, 0.05) is 17.7 Å². The number of fused-ring (bicyclic) bond motifs is 3. The normalized spacial score (nSPS) is 20.5. The van der Waals surface area contributed by atoms with Crippen molar-refractivity contribution in [3.05, 3.63) is 41.0 Å². The van der Waals surface area contributed by atoms with Crippen LogP contribution in [0.4, 0.5) is 0 Å². The quantitative estimate of drug-likeness (QED) is 0.753. The van der Waals surface area contributed by atoms with Crippen LogP contribution in [0.5, 0.6) is 0 Å². The fourth-order valence-corrected chi connectivity index (χ4v) is 2.97. The zero-order valence-electron chi connectivity index (χ0n) is 11.5. The molecule has 106 valence electrons. The lowest BCUT2D eigenvalue weighted by molar-refractivity contribution is 0.0767. The van der Waals surface area contributed by atoms with Gasteiger partial charge in [-0.15, -0.1) is 0 Å². The van der Waals surface area contributed by atoms with E-state index in [-0.39, 0.29) is 11.9 Å². The molecule has 2 heterocycles. The molecule has 1 aliphatic carbocycles. The maximum atomic E-state index is 12.3. The highest BCUT2D eigenvalue weighted by atomic mass is 16.5. The zero-order chi connectivity index (χ0) is 14.6. The fourth-order valence-electron chi connectivity index (χ4n) is 2.97. The minimum Gasteiger partial charge on any atom is -0.433 e. The number of hydrogen-bond donors (Lipinski definition) is 0. The lowest BCUT2D eigenvalue weighted by Gasteiger charge is -2.13. The second-order valence-electron chi connectivity index (χ2n) is 5.39. The number of nitrogens with zero attached hydrogens (tertiary/aromatic N) is 1. The average Bonchev–Trinajstić information content (AvgIpc) is 3.13. The lowest BCUT2D eigenvalue weighted by atomic mass is 9.88. The van der Waals surface area contributed by atoms with E-state index in [0.717, 1.165) is 18.4 Å². The number of ether oxygens (including phenoxy) is 1. The molecule has 1 aromatic heterocycles. The number of benzene rings is 1. The van der Waals surface area contributed by atoms with Gasteiger partial charge < -0.3 is 9.15 Å². The van der Waals surface area contributed by atoms with Crippen LogP contribution in [-0.2, 0) is 4.74 Å². The summed E-state index contributed by atoms with van der Waals surface area (Å²) >= 11 is 0. The Labute approximate surface area is 120 Å². The fraction of sp³-hybridized carbons (Fsp3) is 0.312. The topological polar surface area (TPSA) is 69.4 Å². The van der Waals surface area contributed by atoms with Crippen molar-refractivity contribution in [1.82, 2.24) is 4.98 Å². The van der Waals surface area contributed by atoms with E-state index in [1.165, 1.54) is 0 Å².